The number of amides is 1. The predicted molar refractivity (Wildman–Crippen MR) is 114 cm³/mol. The summed E-state index contributed by atoms with van der Waals surface area (Å²) < 4.78 is 1.95. The summed E-state index contributed by atoms with van der Waals surface area (Å²) >= 11 is 9.18. The number of halogens is 1. The Morgan fingerprint density at radius 3 is 2.67 bits per heavy atom. The molecule has 1 amide bonds. The van der Waals surface area contributed by atoms with Gasteiger partial charge in [0, 0.05) is 15.5 Å². The first-order chi connectivity index (χ1) is 13.1. The fourth-order valence-corrected chi connectivity index (χ4v) is 4.96. The van der Waals surface area contributed by atoms with E-state index in [4.69, 9.17) is 11.6 Å². The minimum absolute atomic E-state index is 0.126. The molecule has 0 spiro atoms. The van der Waals surface area contributed by atoms with Crippen LogP contribution in [0.25, 0.3) is 10.2 Å². The van der Waals surface area contributed by atoms with Gasteiger partial charge in [-0.1, -0.05) is 53.2 Å². The van der Waals surface area contributed by atoms with Gasteiger partial charge in [-0.25, -0.2) is 4.98 Å². The zero-order valence-electron chi connectivity index (χ0n) is 14.4. The number of hydrogen-bond donors (Lipinski definition) is 1. The predicted octanol–water partition coefficient (Wildman–Crippen LogP) is 6.66. The second kappa shape index (κ2) is 7.72. The molecule has 6 heteroatoms. The van der Waals surface area contributed by atoms with E-state index >= 15 is 0 Å². The monoisotopic (exact) mass is 410 g/mol. The van der Waals surface area contributed by atoms with E-state index in [-0.39, 0.29) is 5.91 Å². The van der Waals surface area contributed by atoms with Crippen molar-refractivity contribution in [3.05, 3.63) is 82.9 Å². The zero-order chi connectivity index (χ0) is 18.8. The lowest BCUT2D eigenvalue weighted by Crippen LogP contribution is -2.12. The highest BCUT2D eigenvalue weighted by molar-refractivity contribution is 8.01. The third-order valence-corrected chi connectivity index (χ3v) is 6.37. The molecule has 4 aromatic rings. The van der Waals surface area contributed by atoms with Gasteiger partial charge in [0.25, 0.3) is 5.91 Å². The van der Waals surface area contributed by atoms with E-state index in [1.807, 2.05) is 73.7 Å². The van der Waals surface area contributed by atoms with E-state index in [0.717, 1.165) is 30.7 Å². The minimum atomic E-state index is -0.126. The summed E-state index contributed by atoms with van der Waals surface area (Å²) in [6.45, 7) is 2.00. The summed E-state index contributed by atoms with van der Waals surface area (Å²) in [7, 11) is 0. The van der Waals surface area contributed by atoms with E-state index in [9.17, 15) is 4.79 Å². The summed E-state index contributed by atoms with van der Waals surface area (Å²) in [5.41, 5.74) is 3.45. The van der Waals surface area contributed by atoms with Crippen molar-refractivity contribution in [2.75, 3.05) is 5.32 Å². The molecule has 0 aliphatic carbocycles. The third-order valence-electron chi connectivity index (χ3n) is 3.98. The second-order valence-electron chi connectivity index (χ2n) is 6.01. The maximum absolute atomic E-state index is 12.6. The largest absolute Gasteiger partial charge is 0.321 e. The number of benzene rings is 3. The molecule has 0 aliphatic heterocycles. The maximum Gasteiger partial charge on any atom is 0.255 e. The molecule has 0 saturated carbocycles. The van der Waals surface area contributed by atoms with Crippen molar-refractivity contribution in [1.82, 2.24) is 4.98 Å². The summed E-state index contributed by atoms with van der Waals surface area (Å²) in [5.74, 6) is -0.126. The van der Waals surface area contributed by atoms with Crippen molar-refractivity contribution in [1.29, 1.82) is 0 Å². The summed E-state index contributed by atoms with van der Waals surface area (Å²) in [6, 6.07) is 21.0. The van der Waals surface area contributed by atoms with Crippen molar-refractivity contribution in [2.45, 2.75) is 16.2 Å². The Kier molecular flexibility index (Phi) is 5.16. The SMILES string of the molecule is Cc1ccc(C(=O)Nc2ccccc2Sc2nc3ccc(Cl)cc3s2)cc1. The first-order valence-corrected chi connectivity index (χ1v) is 10.3. The van der Waals surface area contributed by atoms with Crippen LogP contribution >= 0.6 is 34.7 Å². The van der Waals surface area contributed by atoms with E-state index in [2.05, 4.69) is 10.3 Å². The van der Waals surface area contributed by atoms with Gasteiger partial charge in [-0.2, -0.15) is 0 Å². The Morgan fingerprint density at radius 2 is 1.85 bits per heavy atom. The highest BCUT2D eigenvalue weighted by atomic mass is 35.5. The number of aryl methyl sites for hydroxylation is 1. The Hall–Kier alpha value is -2.34. The molecule has 0 fully saturated rings. The minimum Gasteiger partial charge on any atom is -0.321 e. The standard InChI is InChI=1S/C21H15ClN2OS2/c1-13-6-8-14(9-7-13)20(25)23-16-4-2-3-5-18(16)26-21-24-17-11-10-15(22)12-19(17)27-21/h2-12H,1H3,(H,23,25). The molecule has 27 heavy (non-hydrogen) atoms. The normalized spacial score (nSPS) is 10.9. The Balaban J connectivity index is 1.58. The zero-order valence-corrected chi connectivity index (χ0v) is 16.8. The molecule has 0 unspecified atom stereocenters. The molecule has 0 bridgehead atoms. The molecular formula is C21H15ClN2OS2. The molecule has 3 aromatic carbocycles. The average Bonchev–Trinajstić information content (AvgIpc) is 3.05. The molecule has 0 aliphatic rings. The Bertz CT molecular complexity index is 1120. The highest BCUT2D eigenvalue weighted by Crippen LogP contribution is 2.38. The van der Waals surface area contributed by atoms with Crippen molar-refractivity contribution in [3.63, 3.8) is 0 Å². The quantitative estimate of drug-likeness (QED) is 0.409. The molecule has 3 nitrogen and oxygen atoms in total. The summed E-state index contributed by atoms with van der Waals surface area (Å²) in [6.07, 6.45) is 0. The van der Waals surface area contributed by atoms with Crippen LogP contribution in [-0.4, -0.2) is 10.9 Å². The number of para-hydroxylation sites is 1. The van der Waals surface area contributed by atoms with Gasteiger partial charge in [0.15, 0.2) is 4.34 Å². The van der Waals surface area contributed by atoms with Crippen LogP contribution in [0.3, 0.4) is 0 Å². The first kappa shape index (κ1) is 18.0. The smallest absolute Gasteiger partial charge is 0.255 e. The van der Waals surface area contributed by atoms with E-state index < -0.39 is 0 Å². The number of carbonyl (C=O) groups excluding carboxylic acids is 1. The van der Waals surface area contributed by atoms with Crippen molar-refractivity contribution < 1.29 is 4.79 Å². The molecule has 0 saturated heterocycles. The van der Waals surface area contributed by atoms with Gasteiger partial charge in [0.05, 0.1) is 15.9 Å². The third kappa shape index (κ3) is 4.16. The molecule has 1 heterocycles. The van der Waals surface area contributed by atoms with Crippen LogP contribution in [-0.2, 0) is 0 Å². The topological polar surface area (TPSA) is 42.0 Å². The van der Waals surface area contributed by atoms with Crippen LogP contribution in [0.15, 0.2) is 76.0 Å². The first-order valence-electron chi connectivity index (χ1n) is 8.29. The average molecular weight is 411 g/mol. The second-order valence-corrected chi connectivity index (χ2v) is 8.77. The van der Waals surface area contributed by atoms with Crippen LogP contribution in [0.5, 0.6) is 0 Å². The number of anilines is 1. The lowest BCUT2D eigenvalue weighted by molar-refractivity contribution is 0.102. The van der Waals surface area contributed by atoms with Crippen LogP contribution < -0.4 is 5.32 Å². The fraction of sp³-hybridized carbons (Fsp3) is 0.0476. The van der Waals surface area contributed by atoms with Gasteiger partial charge in [0.2, 0.25) is 0 Å². The van der Waals surface area contributed by atoms with Gasteiger partial charge in [0.1, 0.15) is 0 Å². The highest BCUT2D eigenvalue weighted by Gasteiger charge is 2.12. The van der Waals surface area contributed by atoms with E-state index in [1.54, 1.807) is 11.3 Å². The lowest BCUT2D eigenvalue weighted by Gasteiger charge is -2.10. The summed E-state index contributed by atoms with van der Waals surface area (Å²) in [4.78, 5) is 18.2. The van der Waals surface area contributed by atoms with Gasteiger partial charge in [-0.15, -0.1) is 11.3 Å². The number of nitrogens with one attached hydrogen (secondary N) is 1. The van der Waals surface area contributed by atoms with Crippen LogP contribution in [0.4, 0.5) is 5.69 Å². The molecule has 1 N–H and O–H groups in total. The summed E-state index contributed by atoms with van der Waals surface area (Å²) in [5, 5.41) is 3.71. The van der Waals surface area contributed by atoms with Gasteiger partial charge < -0.3 is 5.32 Å². The molecule has 134 valence electrons. The number of carbonyl (C=O) groups is 1. The van der Waals surface area contributed by atoms with Crippen LogP contribution in [0.1, 0.15) is 15.9 Å². The van der Waals surface area contributed by atoms with Crippen molar-refractivity contribution >= 4 is 56.5 Å². The van der Waals surface area contributed by atoms with Crippen molar-refractivity contribution in [3.8, 4) is 0 Å². The number of thiazole rings is 1. The Labute approximate surface area is 170 Å². The molecule has 1 aromatic heterocycles. The Morgan fingerprint density at radius 1 is 1.07 bits per heavy atom. The van der Waals surface area contributed by atoms with E-state index in [0.29, 0.717) is 10.6 Å². The number of aromatic nitrogens is 1. The lowest BCUT2D eigenvalue weighted by atomic mass is 10.1. The van der Waals surface area contributed by atoms with Crippen molar-refractivity contribution in [2.24, 2.45) is 0 Å². The maximum atomic E-state index is 12.6. The number of fused-ring (bicyclic) bond motifs is 1. The van der Waals surface area contributed by atoms with Crippen LogP contribution in [0.2, 0.25) is 5.02 Å². The number of nitrogens with zero attached hydrogens (tertiary/aromatic N) is 1. The van der Waals surface area contributed by atoms with Gasteiger partial charge >= 0.3 is 0 Å². The molecule has 0 radical (unpaired) electrons. The molecule has 0 atom stereocenters. The fourth-order valence-electron chi connectivity index (χ4n) is 2.57. The molecule has 4 rings (SSSR count). The van der Waals surface area contributed by atoms with Crippen LogP contribution in [0, 0.1) is 6.92 Å². The number of hydrogen-bond acceptors (Lipinski definition) is 4. The molecular weight excluding hydrogens is 396 g/mol. The van der Waals surface area contributed by atoms with Gasteiger partial charge in [-0.05, 0) is 49.4 Å². The van der Waals surface area contributed by atoms with E-state index in [1.165, 1.54) is 11.8 Å². The number of rotatable bonds is 4. The van der Waals surface area contributed by atoms with Gasteiger partial charge in [-0.3, -0.25) is 4.79 Å².